The first-order chi connectivity index (χ1) is 16.3. The summed E-state index contributed by atoms with van der Waals surface area (Å²) in [5.74, 6) is -0.348. The maximum absolute atomic E-state index is 14.6. The second kappa shape index (κ2) is 9.47. The fourth-order valence-electron chi connectivity index (χ4n) is 3.88. The number of hydrogen-bond acceptors (Lipinski definition) is 6. The molecule has 0 bridgehead atoms. The maximum Gasteiger partial charge on any atom is 0.420 e. The van der Waals surface area contributed by atoms with E-state index in [1.54, 1.807) is 13.0 Å². The van der Waals surface area contributed by atoms with Gasteiger partial charge in [0.1, 0.15) is 22.8 Å². The zero-order valence-corrected chi connectivity index (χ0v) is 21.0. The number of anilines is 1. The van der Waals surface area contributed by atoms with Crippen LogP contribution in [0.15, 0.2) is 35.1 Å². The molecule has 0 saturated carbocycles. The molecular formula is C21H21BrF4N6O2S. The maximum atomic E-state index is 14.6. The van der Waals surface area contributed by atoms with Crippen molar-refractivity contribution < 1.29 is 26.0 Å². The van der Waals surface area contributed by atoms with Gasteiger partial charge in [-0.15, -0.1) is 0 Å². The third kappa shape index (κ3) is 5.48. The fraction of sp³-hybridized carbons (Fsp3) is 0.381. The Morgan fingerprint density at radius 1 is 1.17 bits per heavy atom. The molecule has 0 radical (unpaired) electrons. The third-order valence-electron chi connectivity index (χ3n) is 5.67. The molecule has 1 aliphatic heterocycles. The summed E-state index contributed by atoms with van der Waals surface area (Å²) in [6, 6.07) is 4.38. The summed E-state index contributed by atoms with van der Waals surface area (Å²) >= 11 is 3.11. The van der Waals surface area contributed by atoms with Crippen LogP contribution < -0.4 is 5.32 Å². The fourth-order valence-corrected chi connectivity index (χ4v) is 5.11. The number of benzene rings is 1. The second-order valence-corrected chi connectivity index (χ2v) is 11.0. The molecule has 0 amide bonds. The summed E-state index contributed by atoms with van der Waals surface area (Å²) in [7, 11) is -3.31. The van der Waals surface area contributed by atoms with Crippen molar-refractivity contribution in [2.75, 3.05) is 24.7 Å². The smallest absolute Gasteiger partial charge is 0.351 e. The van der Waals surface area contributed by atoms with E-state index in [-0.39, 0.29) is 46.8 Å². The molecule has 4 rings (SSSR count). The van der Waals surface area contributed by atoms with E-state index in [4.69, 9.17) is 0 Å². The van der Waals surface area contributed by atoms with Crippen LogP contribution in [0.4, 0.5) is 23.5 Å². The van der Waals surface area contributed by atoms with Crippen molar-refractivity contribution in [1.82, 2.24) is 23.8 Å². The van der Waals surface area contributed by atoms with Crippen LogP contribution in [0, 0.1) is 12.7 Å². The van der Waals surface area contributed by atoms with Crippen molar-refractivity contribution in [1.29, 1.82) is 0 Å². The van der Waals surface area contributed by atoms with Gasteiger partial charge in [0, 0.05) is 31.5 Å². The number of hydrogen-bond donors (Lipinski definition) is 1. The summed E-state index contributed by atoms with van der Waals surface area (Å²) in [4.78, 5) is 12.2. The summed E-state index contributed by atoms with van der Waals surface area (Å²) in [5, 5.41) is 3.00. The Labute approximate surface area is 207 Å². The van der Waals surface area contributed by atoms with E-state index < -0.39 is 33.3 Å². The SMILES string of the molecule is Cc1nc(-c2nc(NC3CCN(S(C)(=O)=O)CC3)ncc2C(F)(F)F)cn1-c1cccc(Br)c1F. The van der Waals surface area contributed by atoms with Crippen LogP contribution in [0.5, 0.6) is 0 Å². The monoisotopic (exact) mass is 576 g/mol. The molecule has 14 heteroatoms. The minimum Gasteiger partial charge on any atom is -0.351 e. The molecule has 0 unspecified atom stereocenters. The number of piperidine rings is 1. The Morgan fingerprint density at radius 2 is 1.86 bits per heavy atom. The van der Waals surface area contributed by atoms with E-state index in [0.29, 0.717) is 19.0 Å². The first kappa shape index (κ1) is 25.5. The highest BCUT2D eigenvalue weighted by Gasteiger charge is 2.36. The van der Waals surface area contributed by atoms with E-state index in [9.17, 15) is 26.0 Å². The zero-order valence-electron chi connectivity index (χ0n) is 18.6. The molecule has 0 atom stereocenters. The number of alkyl halides is 3. The van der Waals surface area contributed by atoms with Crippen LogP contribution in [0.2, 0.25) is 0 Å². The number of nitrogens with zero attached hydrogens (tertiary/aromatic N) is 5. The molecule has 35 heavy (non-hydrogen) atoms. The Balaban J connectivity index is 1.67. The summed E-state index contributed by atoms with van der Waals surface area (Å²) < 4.78 is 82.2. The van der Waals surface area contributed by atoms with Gasteiger partial charge in [0.05, 0.1) is 16.4 Å². The molecule has 1 aromatic carbocycles. The summed E-state index contributed by atoms with van der Waals surface area (Å²) in [6.45, 7) is 2.12. The summed E-state index contributed by atoms with van der Waals surface area (Å²) in [5.41, 5.74) is -1.49. The molecule has 3 aromatic rings. The predicted octanol–water partition coefficient (Wildman–Crippen LogP) is 4.39. The van der Waals surface area contributed by atoms with Gasteiger partial charge in [0.2, 0.25) is 16.0 Å². The molecule has 188 valence electrons. The number of halogens is 5. The highest BCUT2D eigenvalue weighted by molar-refractivity contribution is 9.10. The minimum atomic E-state index is -4.74. The molecule has 0 spiro atoms. The molecule has 2 aromatic heterocycles. The van der Waals surface area contributed by atoms with Gasteiger partial charge in [0.15, 0.2) is 5.82 Å². The highest BCUT2D eigenvalue weighted by Crippen LogP contribution is 2.36. The number of nitrogens with one attached hydrogen (secondary N) is 1. The average molecular weight is 577 g/mol. The molecule has 1 saturated heterocycles. The van der Waals surface area contributed by atoms with Gasteiger partial charge in [-0.1, -0.05) is 6.07 Å². The average Bonchev–Trinajstić information content (AvgIpc) is 3.16. The van der Waals surface area contributed by atoms with Crippen LogP contribution in [-0.4, -0.2) is 57.6 Å². The normalized spacial score (nSPS) is 16.0. The lowest BCUT2D eigenvalue weighted by Gasteiger charge is -2.30. The van der Waals surface area contributed by atoms with Crippen LogP contribution in [0.3, 0.4) is 0 Å². The first-order valence-electron chi connectivity index (χ1n) is 10.5. The van der Waals surface area contributed by atoms with Crippen LogP contribution in [-0.2, 0) is 16.2 Å². The number of sulfonamides is 1. The van der Waals surface area contributed by atoms with E-state index in [1.165, 1.54) is 27.2 Å². The highest BCUT2D eigenvalue weighted by atomic mass is 79.9. The van der Waals surface area contributed by atoms with Crippen molar-refractivity contribution in [3.63, 3.8) is 0 Å². The second-order valence-electron chi connectivity index (χ2n) is 8.15. The molecule has 1 N–H and O–H groups in total. The zero-order chi connectivity index (χ0) is 25.5. The number of aryl methyl sites for hydroxylation is 1. The molecule has 0 aliphatic carbocycles. The predicted molar refractivity (Wildman–Crippen MR) is 125 cm³/mol. The first-order valence-corrected chi connectivity index (χ1v) is 13.2. The third-order valence-corrected chi connectivity index (χ3v) is 7.58. The Hall–Kier alpha value is -2.58. The van der Waals surface area contributed by atoms with Crippen LogP contribution >= 0.6 is 15.9 Å². The molecular weight excluding hydrogens is 556 g/mol. The van der Waals surface area contributed by atoms with E-state index in [0.717, 1.165) is 6.26 Å². The van der Waals surface area contributed by atoms with Gasteiger partial charge in [0.25, 0.3) is 0 Å². The Morgan fingerprint density at radius 3 is 2.49 bits per heavy atom. The van der Waals surface area contributed by atoms with Crippen molar-refractivity contribution in [2.45, 2.75) is 32.0 Å². The van der Waals surface area contributed by atoms with E-state index >= 15 is 0 Å². The van der Waals surface area contributed by atoms with Gasteiger partial charge in [-0.3, -0.25) is 0 Å². The molecule has 8 nitrogen and oxygen atoms in total. The number of imidazole rings is 1. The van der Waals surface area contributed by atoms with Gasteiger partial charge < -0.3 is 9.88 Å². The quantitative estimate of drug-likeness (QED) is 0.453. The van der Waals surface area contributed by atoms with E-state index in [1.807, 2.05) is 0 Å². The molecule has 1 fully saturated rings. The Bertz CT molecular complexity index is 1350. The van der Waals surface area contributed by atoms with E-state index in [2.05, 4.69) is 36.2 Å². The lowest BCUT2D eigenvalue weighted by atomic mass is 10.1. The van der Waals surface area contributed by atoms with Crippen LogP contribution in [0.25, 0.3) is 17.1 Å². The van der Waals surface area contributed by atoms with Crippen molar-refractivity contribution in [2.24, 2.45) is 0 Å². The standard InChI is InChI=1S/C21H21BrF4N6O2S/c1-12-28-16(11-32(12)17-5-3-4-15(22)18(17)23)19-14(21(24,25)26)10-27-20(30-19)29-13-6-8-31(9-7-13)35(2,33)34/h3-5,10-11,13H,6-9H2,1-2H3,(H,27,29,30). The van der Waals surface area contributed by atoms with Crippen molar-refractivity contribution >= 4 is 31.9 Å². The molecule has 3 heterocycles. The van der Waals surface area contributed by atoms with Crippen molar-refractivity contribution in [3.8, 4) is 17.1 Å². The largest absolute Gasteiger partial charge is 0.420 e. The minimum absolute atomic E-state index is 0.0355. The Kier molecular flexibility index (Phi) is 6.90. The lowest BCUT2D eigenvalue weighted by molar-refractivity contribution is -0.137. The van der Waals surface area contributed by atoms with Gasteiger partial charge >= 0.3 is 6.18 Å². The molecule has 1 aliphatic rings. The van der Waals surface area contributed by atoms with Crippen LogP contribution in [0.1, 0.15) is 24.2 Å². The number of rotatable bonds is 5. The van der Waals surface area contributed by atoms with Crippen molar-refractivity contribution in [3.05, 3.63) is 52.3 Å². The van der Waals surface area contributed by atoms with Gasteiger partial charge in [-0.25, -0.2) is 32.1 Å². The lowest BCUT2D eigenvalue weighted by Crippen LogP contribution is -2.42. The van der Waals surface area contributed by atoms with Gasteiger partial charge in [-0.05, 0) is 47.8 Å². The number of aromatic nitrogens is 4. The topological polar surface area (TPSA) is 93.0 Å². The summed E-state index contributed by atoms with van der Waals surface area (Å²) in [6.07, 6.45) is -0.734. The van der Waals surface area contributed by atoms with Gasteiger partial charge in [-0.2, -0.15) is 13.2 Å².